The third-order valence-corrected chi connectivity index (χ3v) is 7.04. The predicted molar refractivity (Wildman–Crippen MR) is 106 cm³/mol. The highest BCUT2D eigenvalue weighted by Gasteiger charge is 2.35. The first-order valence-corrected chi connectivity index (χ1v) is 10.9. The summed E-state index contributed by atoms with van der Waals surface area (Å²) in [6, 6.07) is 3.58. The van der Waals surface area contributed by atoms with E-state index < -0.39 is 10.0 Å². The second-order valence-corrected chi connectivity index (χ2v) is 9.06. The Labute approximate surface area is 166 Å². The number of aromatic nitrogens is 4. The topological polar surface area (TPSA) is 93.5 Å². The number of hydrogen-bond donors (Lipinski definition) is 0. The van der Waals surface area contributed by atoms with Gasteiger partial charge >= 0.3 is 0 Å². The van der Waals surface area contributed by atoms with E-state index in [1.807, 2.05) is 32.0 Å². The van der Waals surface area contributed by atoms with Gasteiger partial charge in [-0.3, -0.25) is 4.68 Å². The van der Waals surface area contributed by atoms with Crippen LogP contribution in [0.5, 0.6) is 5.88 Å². The lowest BCUT2D eigenvalue weighted by atomic mass is 10.1. The normalized spacial score (nSPS) is 18.2. The predicted octanol–water partition coefficient (Wildman–Crippen LogP) is 1.61. The van der Waals surface area contributed by atoms with Crippen molar-refractivity contribution in [1.29, 1.82) is 0 Å². The molecular weight excluding hydrogens is 380 g/mol. The first-order valence-electron chi connectivity index (χ1n) is 9.46. The van der Waals surface area contributed by atoms with Crippen molar-refractivity contribution in [1.82, 2.24) is 24.3 Å². The number of anilines is 1. The fraction of sp³-hybridized carbons (Fsp3) is 0.611. The van der Waals surface area contributed by atoms with Crippen LogP contribution in [0, 0.1) is 13.8 Å². The van der Waals surface area contributed by atoms with E-state index in [0.29, 0.717) is 35.3 Å². The summed E-state index contributed by atoms with van der Waals surface area (Å²) in [5.41, 5.74) is 1.21. The fourth-order valence-electron chi connectivity index (χ4n) is 3.50. The Kier molecular flexibility index (Phi) is 5.90. The molecule has 1 saturated heterocycles. The SMILES string of the molecule is CCn1nc(C)c(S(=O)(=O)N2CCCC(Oc3ccc(N(C)C)nn3)C2)c1C. The Morgan fingerprint density at radius 1 is 1.25 bits per heavy atom. The molecule has 0 aliphatic carbocycles. The van der Waals surface area contributed by atoms with Gasteiger partial charge < -0.3 is 9.64 Å². The van der Waals surface area contributed by atoms with Crippen LogP contribution in [0.25, 0.3) is 0 Å². The van der Waals surface area contributed by atoms with Crippen LogP contribution in [0.4, 0.5) is 5.82 Å². The van der Waals surface area contributed by atoms with Gasteiger partial charge in [0.25, 0.3) is 0 Å². The summed E-state index contributed by atoms with van der Waals surface area (Å²) in [5, 5.41) is 12.5. The molecule has 2 aromatic rings. The molecule has 1 aliphatic rings. The summed E-state index contributed by atoms with van der Waals surface area (Å²) >= 11 is 0. The third kappa shape index (κ3) is 3.97. The standard InChI is InChI=1S/C18H28N6O3S/c1-6-24-14(3)18(13(2)21-24)28(25,26)23-11-7-8-15(12-23)27-17-10-9-16(19-20-17)22(4)5/h9-10,15H,6-8,11-12H2,1-5H3. The molecule has 0 saturated carbocycles. The quantitative estimate of drug-likeness (QED) is 0.717. The Morgan fingerprint density at radius 3 is 2.57 bits per heavy atom. The van der Waals surface area contributed by atoms with Gasteiger partial charge in [-0.25, -0.2) is 8.42 Å². The highest BCUT2D eigenvalue weighted by Crippen LogP contribution is 2.27. The summed E-state index contributed by atoms with van der Waals surface area (Å²) in [6.45, 7) is 6.89. The number of rotatable bonds is 6. The largest absolute Gasteiger partial charge is 0.472 e. The molecule has 2 aromatic heterocycles. The van der Waals surface area contributed by atoms with Crippen molar-refractivity contribution in [3.63, 3.8) is 0 Å². The summed E-state index contributed by atoms with van der Waals surface area (Å²) in [4.78, 5) is 2.16. The first kappa shape index (κ1) is 20.5. The lowest BCUT2D eigenvalue weighted by molar-refractivity contribution is 0.123. The van der Waals surface area contributed by atoms with Gasteiger partial charge in [-0.2, -0.15) is 9.40 Å². The molecule has 28 heavy (non-hydrogen) atoms. The number of aryl methyl sites for hydroxylation is 2. The number of hydrogen-bond acceptors (Lipinski definition) is 7. The van der Waals surface area contributed by atoms with Gasteiger partial charge in [0.15, 0.2) is 5.82 Å². The Morgan fingerprint density at radius 2 is 2.00 bits per heavy atom. The summed E-state index contributed by atoms with van der Waals surface area (Å²) in [7, 11) is 0.147. The van der Waals surface area contributed by atoms with Crippen molar-refractivity contribution < 1.29 is 13.2 Å². The summed E-state index contributed by atoms with van der Waals surface area (Å²) in [5.74, 6) is 1.14. The molecule has 0 N–H and O–H groups in total. The molecule has 1 fully saturated rings. The van der Waals surface area contributed by atoms with Gasteiger partial charge in [-0.15, -0.1) is 10.2 Å². The molecule has 0 bridgehead atoms. The van der Waals surface area contributed by atoms with E-state index in [4.69, 9.17) is 4.74 Å². The fourth-order valence-corrected chi connectivity index (χ4v) is 5.38. The summed E-state index contributed by atoms with van der Waals surface area (Å²) < 4.78 is 35.7. The second kappa shape index (κ2) is 8.04. The van der Waals surface area contributed by atoms with Crippen molar-refractivity contribution in [2.45, 2.75) is 51.2 Å². The molecular formula is C18H28N6O3S. The second-order valence-electron chi connectivity index (χ2n) is 7.19. The maximum Gasteiger partial charge on any atom is 0.246 e. The van der Waals surface area contributed by atoms with E-state index >= 15 is 0 Å². The van der Waals surface area contributed by atoms with Crippen LogP contribution in [-0.2, 0) is 16.6 Å². The molecule has 1 unspecified atom stereocenters. The van der Waals surface area contributed by atoms with Crippen LogP contribution in [0.1, 0.15) is 31.2 Å². The first-order chi connectivity index (χ1) is 13.2. The van der Waals surface area contributed by atoms with Gasteiger partial charge in [0, 0.05) is 33.3 Å². The van der Waals surface area contributed by atoms with E-state index in [0.717, 1.165) is 18.7 Å². The lowest BCUT2D eigenvalue weighted by Gasteiger charge is -2.31. The number of ether oxygens (including phenoxy) is 1. The van der Waals surface area contributed by atoms with Crippen LogP contribution in [0.2, 0.25) is 0 Å². The Hall–Kier alpha value is -2.20. The average molecular weight is 409 g/mol. The van der Waals surface area contributed by atoms with Crippen molar-refractivity contribution in [2.75, 3.05) is 32.1 Å². The zero-order chi connectivity index (χ0) is 20.5. The van der Waals surface area contributed by atoms with E-state index in [1.165, 1.54) is 4.31 Å². The van der Waals surface area contributed by atoms with Crippen molar-refractivity contribution in [3.8, 4) is 5.88 Å². The molecule has 0 radical (unpaired) electrons. The Bertz CT molecular complexity index is 924. The molecule has 9 nitrogen and oxygen atoms in total. The van der Waals surface area contributed by atoms with Gasteiger partial charge in [0.2, 0.25) is 15.9 Å². The summed E-state index contributed by atoms with van der Waals surface area (Å²) in [6.07, 6.45) is 1.24. The van der Waals surface area contributed by atoms with Crippen LogP contribution >= 0.6 is 0 Å². The molecule has 10 heteroatoms. The average Bonchev–Trinajstić information content (AvgIpc) is 2.96. The molecule has 3 rings (SSSR count). The van der Waals surface area contributed by atoms with Crippen molar-refractivity contribution >= 4 is 15.8 Å². The van der Waals surface area contributed by atoms with E-state index in [9.17, 15) is 8.42 Å². The maximum atomic E-state index is 13.3. The molecule has 0 amide bonds. The molecule has 0 spiro atoms. The lowest BCUT2D eigenvalue weighted by Crippen LogP contribution is -2.44. The van der Waals surface area contributed by atoms with Crippen LogP contribution in [0.3, 0.4) is 0 Å². The highest BCUT2D eigenvalue weighted by atomic mass is 32.2. The van der Waals surface area contributed by atoms with Crippen LogP contribution < -0.4 is 9.64 Å². The van der Waals surface area contributed by atoms with Gasteiger partial charge in [0.1, 0.15) is 11.0 Å². The minimum Gasteiger partial charge on any atom is -0.472 e. The maximum absolute atomic E-state index is 13.3. The molecule has 1 atom stereocenters. The monoisotopic (exact) mass is 408 g/mol. The molecule has 0 aromatic carbocycles. The van der Waals surface area contributed by atoms with Gasteiger partial charge in [-0.1, -0.05) is 0 Å². The minimum atomic E-state index is -3.63. The third-order valence-electron chi connectivity index (χ3n) is 4.92. The zero-order valence-electron chi connectivity index (χ0n) is 17.1. The number of piperidine rings is 1. The van der Waals surface area contributed by atoms with Crippen LogP contribution in [0.15, 0.2) is 17.0 Å². The molecule has 3 heterocycles. The van der Waals surface area contributed by atoms with Crippen molar-refractivity contribution in [3.05, 3.63) is 23.5 Å². The smallest absolute Gasteiger partial charge is 0.246 e. The van der Waals surface area contributed by atoms with E-state index in [1.54, 1.807) is 24.6 Å². The minimum absolute atomic E-state index is 0.259. The number of sulfonamides is 1. The van der Waals surface area contributed by atoms with Gasteiger partial charge in [0.05, 0.1) is 17.9 Å². The molecule has 154 valence electrons. The van der Waals surface area contributed by atoms with E-state index in [2.05, 4.69) is 15.3 Å². The molecule has 1 aliphatic heterocycles. The van der Waals surface area contributed by atoms with Crippen molar-refractivity contribution in [2.24, 2.45) is 0 Å². The number of nitrogens with zero attached hydrogens (tertiary/aromatic N) is 6. The highest BCUT2D eigenvalue weighted by molar-refractivity contribution is 7.89. The van der Waals surface area contributed by atoms with Gasteiger partial charge in [-0.05, 0) is 39.7 Å². The van der Waals surface area contributed by atoms with Crippen LogP contribution in [-0.4, -0.2) is 66.0 Å². The zero-order valence-corrected chi connectivity index (χ0v) is 17.9. The van der Waals surface area contributed by atoms with E-state index in [-0.39, 0.29) is 12.6 Å². The Balaban J connectivity index is 1.76.